The van der Waals surface area contributed by atoms with Crippen LogP contribution in [0.1, 0.15) is 79.8 Å². The topological polar surface area (TPSA) is 218 Å². The summed E-state index contributed by atoms with van der Waals surface area (Å²) in [6.07, 6.45) is -10.4. The predicted molar refractivity (Wildman–Crippen MR) is 212 cm³/mol. The van der Waals surface area contributed by atoms with Gasteiger partial charge in [0.2, 0.25) is 0 Å². The number of carbonyl (C=O) groups excluding carboxylic acids is 7. The molecule has 4 aliphatic rings. The Morgan fingerprint density at radius 3 is 1.95 bits per heavy atom. The number of rotatable bonds is 11. The molecule has 0 spiro atoms. The van der Waals surface area contributed by atoms with Crippen molar-refractivity contribution in [3.05, 3.63) is 119 Å². The lowest BCUT2D eigenvalue weighted by Gasteiger charge is -2.63. The highest BCUT2D eigenvalue weighted by Crippen LogP contribution is 2.65. The van der Waals surface area contributed by atoms with E-state index in [-0.39, 0.29) is 35.3 Å². The normalized spacial score (nSPS) is 31.0. The third-order valence-electron chi connectivity index (χ3n) is 12.9. The smallest absolute Gasteiger partial charge is 0.338 e. The number of aliphatic hydroxyl groups excluding tert-OH is 2. The van der Waals surface area contributed by atoms with Crippen molar-refractivity contribution < 1.29 is 67.5 Å². The number of fused-ring (bicyclic) bond motifs is 4. The molecule has 0 aromatic heterocycles. The van der Waals surface area contributed by atoms with Crippen LogP contribution >= 0.6 is 0 Å². The monoisotopic (exact) mass is 837 g/mol. The van der Waals surface area contributed by atoms with Gasteiger partial charge in [-0.2, -0.15) is 0 Å². The van der Waals surface area contributed by atoms with E-state index in [1.165, 1.54) is 32.9 Å². The molecule has 2 saturated carbocycles. The minimum absolute atomic E-state index is 0.0603. The number of esters is 4. The molecular formula is C46H47NO14. The van der Waals surface area contributed by atoms with Crippen molar-refractivity contribution in [3.63, 3.8) is 0 Å². The quantitative estimate of drug-likeness (QED) is 0.143. The first-order chi connectivity index (χ1) is 29.0. The highest BCUT2D eigenvalue weighted by atomic mass is 16.6. The molecule has 320 valence electrons. The molecule has 3 N–H and O–H groups in total. The Bertz CT molecular complexity index is 2280. The van der Waals surface area contributed by atoms with Gasteiger partial charge in [0.05, 0.1) is 41.1 Å². The molecular weight excluding hydrogens is 790 g/mol. The Kier molecular flexibility index (Phi) is 11.6. The predicted octanol–water partition coefficient (Wildman–Crippen LogP) is 3.55. The summed E-state index contributed by atoms with van der Waals surface area (Å²) in [5.74, 6) is -7.56. The Balaban J connectivity index is 1.37. The molecule has 3 aliphatic carbocycles. The number of carbonyl (C=O) groups is 7. The molecule has 3 fully saturated rings. The number of benzene rings is 3. The van der Waals surface area contributed by atoms with E-state index in [1.807, 2.05) is 0 Å². The number of Topliss-reactive ketones (excluding diaryl/α,β-unsaturated/α-hetero) is 2. The van der Waals surface area contributed by atoms with Crippen molar-refractivity contribution in [2.45, 2.75) is 95.7 Å². The molecule has 61 heavy (non-hydrogen) atoms. The Hall–Kier alpha value is -6.03. The summed E-state index contributed by atoms with van der Waals surface area (Å²) in [7, 11) is 0. The molecule has 3 aromatic rings. The van der Waals surface area contributed by atoms with Crippen molar-refractivity contribution in [2.75, 3.05) is 6.61 Å². The minimum Gasteiger partial charge on any atom is -0.457 e. The molecule has 3 aromatic carbocycles. The summed E-state index contributed by atoms with van der Waals surface area (Å²) in [4.78, 5) is 97.8. The van der Waals surface area contributed by atoms with Crippen molar-refractivity contribution in [3.8, 4) is 0 Å². The first kappa shape index (κ1) is 43.1. The van der Waals surface area contributed by atoms with Gasteiger partial charge in [-0.05, 0) is 61.7 Å². The summed E-state index contributed by atoms with van der Waals surface area (Å²) in [6.45, 7) is 5.94. The SMILES string of the molecule is CC(=O)O[C@H]1C(=O)[C@@]2(C)[C@H]([C@H](OC(=O)c3ccccc3)[C@]3(C(C)=O)C[C@H](OC(=O)[C@H](O)[C@@H](NC(=O)c4ccccc4)c4ccccc4)C(C)=C13)[C@]1(OC(C)=O)CO[C@@H]1C[C@@H]2O. The van der Waals surface area contributed by atoms with Gasteiger partial charge in [-0.3, -0.25) is 24.0 Å². The number of nitrogens with one attached hydrogen (secondary N) is 1. The first-order valence-corrected chi connectivity index (χ1v) is 20.0. The lowest BCUT2D eigenvalue weighted by molar-refractivity contribution is -0.332. The zero-order chi connectivity index (χ0) is 44.0. The molecule has 7 rings (SSSR count). The van der Waals surface area contributed by atoms with E-state index in [9.17, 15) is 39.0 Å². The zero-order valence-corrected chi connectivity index (χ0v) is 34.2. The maximum atomic E-state index is 15.3. The number of amides is 1. The minimum atomic E-state index is -2.15. The number of aliphatic hydroxyl groups is 2. The molecule has 0 radical (unpaired) electrons. The molecule has 15 nitrogen and oxygen atoms in total. The van der Waals surface area contributed by atoms with Gasteiger partial charge >= 0.3 is 23.9 Å². The van der Waals surface area contributed by atoms with Gasteiger partial charge in [-0.25, -0.2) is 9.59 Å². The van der Waals surface area contributed by atoms with Crippen LogP contribution in [0.15, 0.2) is 102 Å². The third-order valence-corrected chi connectivity index (χ3v) is 12.9. The molecule has 11 atom stereocenters. The summed E-state index contributed by atoms with van der Waals surface area (Å²) >= 11 is 0. The van der Waals surface area contributed by atoms with Gasteiger partial charge in [0.15, 0.2) is 23.6 Å². The van der Waals surface area contributed by atoms with Gasteiger partial charge < -0.3 is 39.2 Å². The van der Waals surface area contributed by atoms with Crippen molar-refractivity contribution in [1.29, 1.82) is 0 Å². The highest BCUT2D eigenvalue weighted by molar-refractivity contribution is 6.00. The average molecular weight is 838 g/mol. The fourth-order valence-electron chi connectivity index (χ4n) is 9.92. The number of ketones is 2. The lowest BCUT2D eigenvalue weighted by atomic mass is 9.51. The first-order valence-electron chi connectivity index (χ1n) is 20.0. The Morgan fingerprint density at radius 1 is 0.820 bits per heavy atom. The molecule has 15 heteroatoms. The van der Waals surface area contributed by atoms with E-state index in [0.29, 0.717) is 5.56 Å². The van der Waals surface area contributed by atoms with Gasteiger partial charge in [0, 0.05) is 32.3 Å². The molecule has 0 unspecified atom stereocenters. The van der Waals surface area contributed by atoms with Crippen molar-refractivity contribution in [2.24, 2.45) is 16.7 Å². The van der Waals surface area contributed by atoms with Gasteiger partial charge in [0.25, 0.3) is 5.91 Å². The van der Waals surface area contributed by atoms with Crippen LogP contribution in [-0.4, -0.2) is 100 Å². The maximum absolute atomic E-state index is 15.3. The summed E-state index contributed by atoms with van der Waals surface area (Å²) in [6, 6.07) is 22.8. The maximum Gasteiger partial charge on any atom is 0.338 e. The van der Waals surface area contributed by atoms with E-state index < -0.39 is 113 Å². The van der Waals surface area contributed by atoms with Gasteiger partial charge in [-0.15, -0.1) is 0 Å². The Morgan fingerprint density at radius 2 is 1.41 bits per heavy atom. The standard InChI is InChI=1S/C46H47NO14/c1-24-31(59-43(56)36(52)35(28-15-9-6-10-16-28)47-41(54)29-17-11-7-12-18-29)22-45(25(2)48)34(24)37(58-26(3)49)39(53)44(5)32(51)21-33-46(23-57-33,61-27(4)50)38(44)40(45)60-42(55)30-19-13-8-14-20-30/h6-20,31-33,35-38,40,51-52H,21-23H2,1-5H3,(H,47,54)/t31-,32-,33+,35-,36+,37+,38-,40-,44+,45-,46-/m0/s1. The molecule has 1 amide bonds. The van der Waals surface area contributed by atoms with E-state index in [4.69, 9.17) is 23.7 Å². The van der Waals surface area contributed by atoms with Crippen LogP contribution in [0.4, 0.5) is 0 Å². The van der Waals surface area contributed by atoms with E-state index >= 15 is 4.79 Å². The summed E-state index contributed by atoms with van der Waals surface area (Å²) in [5.41, 5.74) is -5.30. The fraction of sp³-hybridized carbons (Fsp3) is 0.413. The second-order valence-electron chi connectivity index (χ2n) is 16.3. The highest BCUT2D eigenvalue weighted by Gasteiger charge is 2.79. The van der Waals surface area contributed by atoms with Crippen LogP contribution in [-0.2, 0) is 47.7 Å². The number of ether oxygens (including phenoxy) is 5. The van der Waals surface area contributed by atoms with Crippen LogP contribution in [0, 0.1) is 16.7 Å². The van der Waals surface area contributed by atoms with Crippen LogP contribution in [0.2, 0.25) is 0 Å². The second-order valence-corrected chi connectivity index (χ2v) is 16.3. The van der Waals surface area contributed by atoms with Crippen LogP contribution in [0.3, 0.4) is 0 Å². The van der Waals surface area contributed by atoms with Gasteiger partial charge in [0.1, 0.15) is 24.1 Å². The van der Waals surface area contributed by atoms with Crippen molar-refractivity contribution in [1.82, 2.24) is 5.32 Å². The van der Waals surface area contributed by atoms with E-state index in [1.54, 1.807) is 78.9 Å². The molecule has 1 saturated heterocycles. The molecule has 1 heterocycles. The molecule has 1 aliphatic heterocycles. The largest absolute Gasteiger partial charge is 0.457 e. The Labute approximate surface area is 351 Å². The summed E-state index contributed by atoms with van der Waals surface area (Å²) < 4.78 is 30.2. The summed E-state index contributed by atoms with van der Waals surface area (Å²) in [5, 5.41) is 26.4. The van der Waals surface area contributed by atoms with Crippen LogP contribution in [0.25, 0.3) is 0 Å². The second kappa shape index (κ2) is 16.4. The number of hydrogen-bond donors (Lipinski definition) is 3. The number of hydrogen-bond acceptors (Lipinski definition) is 14. The van der Waals surface area contributed by atoms with Crippen LogP contribution < -0.4 is 5.32 Å². The van der Waals surface area contributed by atoms with Crippen molar-refractivity contribution >= 4 is 41.4 Å². The third kappa shape index (κ3) is 7.23. The van der Waals surface area contributed by atoms with Gasteiger partial charge in [-0.1, -0.05) is 66.7 Å². The fourth-order valence-corrected chi connectivity index (χ4v) is 9.92. The zero-order valence-electron chi connectivity index (χ0n) is 34.2. The average Bonchev–Trinajstić information content (AvgIpc) is 3.50. The van der Waals surface area contributed by atoms with Crippen LogP contribution in [0.5, 0.6) is 0 Å². The van der Waals surface area contributed by atoms with E-state index in [2.05, 4.69) is 5.32 Å². The lowest BCUT2D eigenvalue weighted by Crippen LogP contribution is -2.78. The van der Waals surface area contributed by atoms with E-state index in [0.717, 1.165) is 13.8 Å². The molecule has 0 bridgehead atoms.